The van der Waals surface area contributed by atoms with Gasteiger partial charge in [0.05, 0.1) is 12.2 Å². The number of hydrogen-bond donors (Lipinski definition) is 1. The Labute approximate surface area is 114 Å². The average Bonchev–Trinajstić information content (AvgIpc) is 2.81. The van der Waals surface area contributed by atoms with Crippen molar-refractivity contribution in [3.8, 4) is 0 Å². The van der Waals surface area contributed by atoms with Crippen molar-refractivity contribution in [1.82, 2.24) is 9.78 Å². The van der Waals surface area contributed by atoms with Crippen LogP contribution < -0.4 is 10.6 Å². The summed E-state index contributed by atoms with van der Waals surface area (Å²) >= 11 is 0. The summed E-state index contributed by atoms with van der Waals surface area (Å²) in [7, 11) is 1.94. The Bertz CT molecular complexity index is 501. The first-order valence-corrected chi connectivity index (χ1v) is 6.69. The highest BCUT2D eigenvalue weighted by Crippen LogP contribution is 2.17. The first-order valence-electron chi connectivity index (χ1n) is 6.69. The lowest BCUT2D eigenvalue weighted by Gasteiger charge is -2.24. The Balaban J connectivity index is 2.13. The summed E-state index contributed by atoms with van der Waals surface area (Å²) in [6.07, 6.45) is 2.96. The van der Waals surface area contributed by atoms with Crippen molar-refractivity contribution >= 4 is 5.69 Å². The number of rotatable bonds is 6. The van der Waals surface area contributed by atoms with Crippen molar-refractivity contribution < 1.29 is 0 Å². The molecule has 19 heavy (non-hydrogen) atoms. The van der Waals surface area contributed by atoms with E-state index < -0.39 is 0 Å². The third-order valence-corrected chi connectivity index (χ3v) is 3.15. The van der Waals surface area contributed by atoms with E-state index in [0.29, 0.717) is 6.54 Å². The molecule has 0 unspecified atom stereocenters. The zero-order valence-corrected chi connectivity index (χ0v) is 11.7. The minimum Gasteiger partial charge on any atom is -0.366 e. The number of anilines is 1. The topological polar surface area (TPSA) is 47.1 Å². The summed E-state index contributed by atoms with van der Waals surface area (Å²) in [6, 6.07) is 10.7. The minimum absolute atomic E-state index is 0.713. The molecular formula is C15H22N4. The Hall–Kier alpha value is -1.81. The van der Waals surface area contributed by atoms with Crippen LogP contribution in [-0.2, 0) is 13.6 Å². The fourth-order valence-electron chi connectivity index (χ4n) is 2.08. The second-order valence-corrected chi connectivity index (χ2v) is 4.88. The number of aromatic nitrogens is 2. The highest BCUT2D eigenvalue weighted by Gasteiger charge is 2.08. The molecule has 1 aromatic heterocycles. The number of aryl methyl sites for hydroxylation is 2. The molecule has 2 N–H and O–H groups in total. The fraction of sp³-hybridized carbons (Fsp3) is 0.400. The monoisotopic (exact) mass is 258 g/mol. The van der Waals surface area contributed by atoms with Crippen LogP contribution in [0, 0.1) is 6.92 Å². The molecule has 1 heterocycles. The maximum absolute atomic E-state index is 5.63. The molecule has 4 nitrogen and oxygen atoms in total. The summed E-state index contributed by atoms with van der Waals surface area (Å²) in [5.41, 5.74) is 9.22. The first kappa shape index (κ1) is 13.6. The highest BCUT2D eigenvalue weighted by molar-refractivity contribution is 5.47. The Morgan fingerprint density at radius 3 is 2.53 bits per heavy atom. The van der Waals surface area contributed by atoms with E-state index in [2.05, 4.69) is 47.3 Å². The van der Waals surface area contributed by atoms with Crippen molar-refractivity contribution in [3.63, 3.8) is 0 Å². The van der Waals surface area contributed by atoms with Gasteiger partial charge in [0, 0.05) is 25.5 Å². The van der Waals surface area contributed by atoms with Gasteiger partial charge in [0.1, 0.15) is 0 Å². The summed E-state index contributed by atoms with van der Waals surface area (Å²) in [5.74, 6) is 0. The molecule has 0 aliphatic heterocycles. The quantitative estimate of drug-likeness (QED) is 0.863. The summed E-state index contributed by atoms with van der Waals surface area (Å²) < 4.78 is 1.84. The van der Waals surface area contributed by atoms with Gasteiger partial charge >= 0.3 is 0 Å². The molecule has 0 fully saturated rings. The van der Waals surface area contributed by atoms with Crippen LogP contribution in [0.2, 0.25) is 0 Å². The van der Waals surface area contributed by atoms with Crippen LogP contribution in [0.25, 0.3) is 0 Å². The van der Waals surface area contributed by atoms with E-state index in [1.54, 1.807) is 0 Å². The van der Waals surface area contributed by atoms with Crippen molar-refractivity contribution in [2.45, 2.75) is 19.9 Å². The molecule has 0 saturated carbocycles. The van der Waals surface area contributed by atoms with Crippen molar-refractivity contribution in [2.75, 3.05) is 18.0 Å². The predicted molar refractivity (Wildman–Crippen MR) is 79.1 cm³/mol. The van der Waals surface area contributed by atoms with Crippen LogP contribution in [-0.4, -0.2) is 22.9 Å². The molecule has 0 saturated heterocycles. The SMILES string of the molecule is Cc1ccc(N(CCCN)Cc2ccn(C)n2)cc1. The zero-order valence-electron chi connectivity index (χ0n) is 11.7. The van der Waals surface area contributed by atoms with E-state index in [1.165, 1.54) is 11.3 Å². The molecule has 0 bridgehead atoms. The van der Waals surface area contributed by atoms with Crippen LogP contribution >= 0.6 is 0 Å². The number of benzene rings is 1. The zero-order chi connectivity index (χ0) is 13.7. The molecule has 2 aromatic rings. The van der Waals surface area contributed by atoms with Crippen LogP contribution in [0.5, 0.6) is 0 Å². The van der Waals surface area contributed by atoms with Crippen molar-refractivity contribution in [1.29, 1.82) is 0 Å². The number of nitrogens with two attached hydrogens (primary N) is 1. The second-order valence-electron chi connectivity index (χ2n) is 4.88. The van der Waals surface area contributed by atoms with Gasteiger partial charge in [-0.15, -0.1) is 0 Å². The molecule has 4 heteroatoms. The van der Waals surface area contributed by atoms with Gasteiger partial charge in [-0.25, -0.2) is 0 Å². The lowest BCUT2D eigenvalue weighted by Crippen LogP contribution is -2.25. The highest BCUT2D eigenvalue weighted by atomic mass is 15.3. The lowest BCUT2D eigenvalue weighted by atomic mass is 10.2. The second kappa shape index (κ2) is 6.38. The molecule has 0 spiro atoms. The van der Waals surface area contributed by atoms with E-state index in [0.717, 1.165) is 25.2 Å². The number of hydrogen-bond acceptors (Lipinski definition) is 3. The van der Waals surface area contributed by atoms with E-state index in [-0.39, 0.29) is 0 Å². The Morgan fingerprint density at radius 1 is 1.21 bits per heavy atom. The normalized spacial score (nSPS) is 10.7. The average molecular weight is 258 g/mol. The van der Waals surface area contributed by atoms with Gasteiger partial charge < -0.3 is 10.6 Å². The molecule has 1 aromatic carbocycles. The first-order chi connectivity index (χ1) is 9.19. The van der Waals surface area contributed by atoms with E-state index >= 15 is 0 Å². The molecule has 0 aliphatic carbocycles. The molecule has 0 atom stereocenters. The van der Waals surface area contributed by atoms with Gasteiger partial charge in [0.2, 0.25) is 0 Å². The number of nitrogens with zero attached hydrogens (tertiary/aromatic N) is 3. The summed E-state index contributed by atoms with van der Waals surface area (Å²) in [4.78, 5) is 2.33. The molecule has 0 amide bonds. The van der Waals surface area contributed by atoms with Gasteiger partial charge in [-0.05, 0) is 38.1 Å². The van der Waals surface area contributed by atoms with Crippen LogP contribution in [0.1, 0.15) is 17.7 Å². The van der Waals surface area contributed by atoms with Crippen LogP contribution in [0.3, 0.4) is 0 Å². The van der Waals surface area contributed by atoms with Crippen molar-refractivity contribution in [3.05, 3.63) is 47.8 Å². The minimum atomic E-state index is 0.713. The van der Waals surface area contributed by atoms with Crippen LogP contribution in [0.15, 0.2) is 36.5 Å². The van der Waals surface area contributed by atoms with Gasteiger partial charge in [0.15, 0.2) is 0 Å². The largest absolute Gasteiger partial charge is 0.366 e. The molecular weight excluding hydrogens is 236 g/mol. The molecule has 0 aliphatic rings. The van der Waals surface area contributed by atoms with E-state index in [9.17, 15) is 0 Å². The standard InChI is InChI=1S/C15H22N4/c1-13-4-6-15(7-5-13)19(10-3-9-16)12-14-8-11-18(2)17-14/h4-8,11H,3,9-10,12,16H2,1-2H3. The van der Waals surface area contributed by atoms with Crippen LogP contribution in [0.4, 0.5) is 5.69 Å². The Morgan fingerprint density at radius 2 is 1.95 bits per heavy atom. The Kier molecular flexibility index (Phi) is 4.58. The smallest absolute Gasteiger partial charge is 0.0817 e. The summed E-state index contributed by atoms with van der Waals surface area (Å²) in [5, 5.41) is 4.45. The van der Waals surface area contributed by atoms with E-state index in [1.807, 2.05) is 17.9 Å². The predicted octanol–water partition coefficient (Wildman–Crippen LogP) is 2.08. The van der Waals surface area contributed by atoms with Crippen molar-refractivity contribution in [2.24, 2.45) is 12.8 Å². The lowest BCUT2D eigenvalue weighted by molar-refractivity contribution is 0.696. The summed E-state index contributed by atoms with van der Waals surface area (Å²) in [6.45, 7) is 4.59. The van der Waals surface area contributed by atoms with Gasteiger partial charge in [-0.1, -0.05) is 17.7 Å². The van der Waals surface area contributed by atoms with Gasteiger partial charge in [0.25, 0.3) is 0 Å². The van der Waals surface area contributed by atoms with Gasteiger partial charge in [-0.3, -0.25) is 4.68 Å². The molecule has 0 radical (unpaired) electrons. The molecule has 2 rings (SSSR count). The fourth-order valence-corrected chi connectivity index (χ4v) is 2.08. The maximum atomic E-state index is 5.63. The van der Waals surface area contributed by atoms with Gasteiger partial charge in [-0.2, -0.15) is 5.10 Å². The third-order valence-electron chi connectivity index (χ3n) is 3.15. The van der Waals surface area contributed by atoms with E-state index in [4.69, 9.17) is 5.73 Å². The molecule has 102 valence electrons. The third kappa shape index (κ3) is 3.83. The maximum Gasteiger partial charge on any atom is 0.0817 e.